The number of furan rings is 1. The summed E-state index contributed by atoms with van der Waals surface area (Å²) in [7, 11) is -3.82. The van der Waals surface area contributed by atoms with Crippen LogP contribution in [0.4, 0.5) is 0 Å². The fourth-order valence-electron chi connectivity index (χ4n) is 4.82. The summed E-state index contributed by atoms with van der Waals surface area (Å²) >= 11 is 0. The maximum absolute atomic E-state index is 13.8. The van der Waals surface area contributed by atoms with Crippen LogP contribution in [0.25, 0.3) is 0 Å². The predicted molar refractivity (Wildman–Crippen MR) is 141 cm³/mol. The zero-order valence-corrected chi connectivity index (χ0v) is 22.0. The summed E-state index contributed by atoms with van der Waals surface area (Å²) in [4.78, 5) is 15.7. The molecule has 0 aliphatic heterocycles. The first-order valence-corrected chi connectivity index (χ1v) is 14.2. The third-order valence-electron chi connectivity index (χ3n) is 6.91. The molecule has 7 heteroatoms. The van der Waals surface area contributed by atoms with Crippen molar-refractivity contribution in [2.24, 2.45) is 0 Å². The second-order valence-corrected chi connectivity index (χ2v) is 11.6. The Balaban J connectivity index is 1.59. The average molecular weight is 509 g/mol. The van der Waals surface area contributed by atoms with Gasteiger partial charge in [-0.05, 0) is 62.9 Å². The summed E-state index contributed by atoms with van der Waals surface area (Å²) < 4.78 is 34.8. The predicted octanol–water partition coefficient (Wildman–Crippen LogP) is 5.49. The Labute approximate surface area is 215 Å². The van der Waals surface area contributed by atoms with E-state index in [2.05, 4.69) is 0 Å². The summed E-state index contributed by atoms with van der Waals surface area (Å²) in [5, 5.41) is 0. The van der Waals surface area contributed by atoms with Gasteiger partial charge in [-0.1, -0.05) is 67.3 Å². The number of sulfonamides is 1. The second kappa shape index (κ2) is 11.9. The average Bonchev–Trinajstić information content (AvgIpc) is 3.30. The number of carbonyl (C=O) groups is 1. The van der Waals surface area contributed by atoms with Gasteiger partial charge in [-0.25, -0.2) is 8.42 Å². The Bertz CT molecular complexity index is 1230. The highest BCUT2D eigenvalue weighted by molar-refractivity contribution is 7.89. The molecule has 0 N–H and O–H groups in total. The Morgan fingerprint density at radius 1 is 0.917 bits per heavy atom. The van der Waals surface area contributed by atoms with Crippen LogP contribution in [0.1, 0.15) is 54.8 Å². The summed E-state index contributed by atoms with van der Waals surface area (Å²) in [6.45, 7) is 4.42. The minimum absolute atomic E-state index is 0.171. The number of amides is 1. The summed E-state index contributed by atoms with van der Waals surface area (Å²) in [6.07, 6.45) is 5.29. The van der Waals surface area contributed by atoms with Crippen molar-refractivity contribution >= 4 is 15.9 Å². The summed E-state index contributed by atoms with van der Waals surface area (Å²) in [6, 6.07) is 20.5. The Hall–Kier alpha value is -2.90. The monoisotopic (exact) mass is 508 g/mol. The minimum Gasteiger partial charge on any atom is -0.464 e. The van der Waals surface area contributed by atoms with E-state index in [1.165, 1.54) is 4.31 Å². The molecule has 2 aromatic carbocycles. The SMILES string of the molecule is Cc1ccc(S(=O)(=O)N(CC(=O)N(CCc2ccccc2)Cc2ccc(C)o2)C2CCCCC2)cc1. The first-order valence-electron chi connectivity index (χ1n) is 12.8. The number of rotatable bonds is 10. The number of carbonyl (C=O) groups excluding carboxylic acids is 1. The van der Waals surface area contributed by atoms with E-state index in [1.54, 1.807) is 29.2 Å². The molecule has 0 spiro atoms. The molecule has 0 atom stereocenters. The van der Waals surface area contributed by atoms with Gasteiger partial charge in [-0.3, -0.25) is 4.79 Å². The first kappa shape index (κ1) is 26.2. The zero-order chi connectivity index (χ0) is 25.5. The van der Waals surface area contributed by atoms with E-state index in [-0.39, 0.29) is 23.4 Å². The molecule has 0 radical (unpaired) electrons. The van der Waals surface area contributed by atoms with Crippen LogP contribution in [0, 0.1) is 13.8 Å². The third-order valence-corrected chi connectivity index (χ3v) is 8.82. The lowest BCUT2D eigenvalue weighted by molar-refractivity contribution is -0.132. The van der Waals surface area contributed by atoms with Crippen LogP contribution >= 0.6 is 0 Å². The van der Waals surface area contributed by atoms with Gasteiger partial charge in [-0.15, -0.1) is 0 Å². The molecule has 3 aromatic rings. The van der Waals surface area contributed by atoms with Gasteiger partial charge in [-0.2, -0.15) is 4.31 Å². The van der Waals surface area contributed by atoms with Gasteiger partial charge in [0.25, 0.3) is 0 Å². The second-order valence-electron chi connectivity index (χ2n) is 9.72. The highest BCUT2D eigenvalue weighted by Gasteiger charge is 2.35. The third kappa shape index (κ3) is 6.65. The smallest absolute Gasteiger partial charge is 0.243 e. The molecule has 1 aliphatic carbocycles. The number of benzene rings is 2. The van der Waals surface area contributed by atoms with Crippen LogP contribution in [0.2, 0.25) is 0 Å². The number of hydrogen-bond acceptors (Lipinski definition) is 4. The standard InChI is InChI=1S/C29H36N2O4S/c1-23-13-17-28(18-14-23)36(33,34)31(26-11-7-4-8-12-26)22-29(32)30(21-27-16-15-24(2)35-27)20-19-25-9-5-3-6-10-25/h3,5-6,9-10,13-18,26H,4,7-8,11-12,19-22H2,1-2H3. The molecule has 36 heavy (non-hydrogen) atoms. The number of nitrogens with zero attached hydrogens (tertiary/aromatic N) is 2. The van der Waals surface area contributed by atoms with Crippen molar-refractivity contribution in [2.75, 3.05) is 13.1 Å². The van der Waals surface area contributed by atoms with E-state index in [9.17, 15) is 13.2 Å². The number of aryl methyl sites for hydroxylation is 2. The molecule has 1 saturated carbocycles. The van der Waals surface area contributed by atoms with E-state index < -0.39 is 10.0 Å². The highest BCUT2D eigenvalue weighted by Crippen LogP contribution is 2.28. The molecule has 1 aliphatic rings. The molecule has 192 valence electrons. The molecule has 0 bridgehead atoms. The molecule has 0 saturated heterocycles. The van der Waals surface area contributed by atoms with Gasteiger partial charge in [0, 0.05) is 12.6 Å². The lowest BCUT2D eigenvalue weighted by Gasteiger charge is -2.34. The van der Waals surface area contributed by atoms with Crippen molar-refractivity contribution in [2.45, 2.75) is 69.9 Å². The Kier molecular flexibility index (Phi) is 8.64. The van der Waals surface area contributed by atoms with Crippen molar-refractivity contribution in [3.8, 4) is 0 Å². The minimum atomic E-state index is -3.82. The molecular weight excluding hydrogens is 472 g/mol. The van der Waals surface area contributed by atoms with E-state index in [0.29, 0.717) is 25.3 Å². The van der Waals surface area contributed by atoms with Crippen LogP contribution in [-0.2, 0) is 27.8 Å². The van der Waals surface area contributed by atoms with Crippen LogP contribution in [0.3, 0.4) is 0 Å². The topological polar surface area (TPSA) is 70.8 Å². The molecule has 1 aromatic heterocycles. The van der Waals surface area contributed by atoms with Gasteiger partial charge in [0.15, 0.2) is 0 Å². The largest absolute Gasteiger partial charge is 0.464 e. The fourth-order valence-corrected chi connectivity index (χ4v) is 6.45. The lowest BCUT2D eigenvalue weighted by Crippen LogP contribution is -2.48. The molecule has 0 unspecified atom stereocenters. The molecule has 6 nitrogen and oxygen atoms in total. The molecule has 1 amide bonds. The first-order chi connectivity index (χ1) is 17.3. The van der Waals surface area contributed by atoms with E-state index >= 15 is 0 Å². The van der Waals surface area contributed by atoms with Crippen molar-refractivity contribution in [3.05, 3.63) is 89.4 Å². The molecule has 4 rings (SSSR count). The Morgan fingerprint density at radius 2 is 1.61 bits per heavy atom. The normalized spacial score (nSPS) is 14.8. The number of hydrogen-bond donors (Lipinski definition) is 0. The van der Waals surface area contributed by atoms with Gasteiger partial charge >= 0.3 is 0 Å². The molecule has 1 heterocycles. The van der Waals surface area contributed by atoms with E-state index in [0.717, 1.165) is 49.0 Å². The highest BCUT2D eigenvalue weighted by atomic mass is 32.2. The van der Waals surface area contributed by atoms with Gasteiger partial charge in [0.2, 0.25) is 15.9 Å². The maximum atomic E-state index is 13.8. The molecule has 1 fully saturated rings. The lowest BCUT2D eigenvalue weighted by atomic mass is 9.95. The van der Waals surface area contributed by atoms with Crippen molar-refractivity contribution in [3.63, 3.8) is 0 Å². The van der Waals surface area contributed by atoms with Crippen LogP contribution in [0.5, 0.6) is 0 Å². The summed E-state index contributed by atoms with van der Waals surface area (Å²) in [5.74, 6) is 1.27. The van der Waals surface area contributed by atoms with Crippen LogP contribution in [-0.4, -0.2) is 42.7 Å². The molecular formula is C29H36N2O4S. The van der Waals surface area contributed by atoms with Crippen LogP contribution < -0.4 is 0 Å². The zero-order valence-electron chi connectivity index (χ0n) is 21.2. The van der Waals surface area contributed by atoms with Gasteiger partial charge in [0.05, 0.1) is 18.0 Å². The fraction of sp³-hybridized carbons (Fsp3) is 0.414. The van der Waals surface area contributed by atoms with Gasteiger partial charge in [0.1, 0.15) is 11.5 Å². The summed E-state index contributed by atoms with van der Waals surface area (Å²) in [5.41, 5.74) is 2.12. The van der Waals surface area contributed by atoms with Crippen molar-refractivity contribution in [1.29, 1.82) is 0 Å². The van der Waals surface area contributed by atoms with Crippen LogP contribution in [0.15, 0.2) is 76.0 Å². The van der Waals surface area contributed by atoms with Crippen molar-refractivity contribution < 1.29 is 17.6 Å². The van der Waals surface area contributed by atoms with Gasteiger partial charge < -0.3 is 9.32 Å². The maximum Gasteiger partial charge on any atom is 0.243 e. The quantitative estimate of drug-likeness (QED) is 0.363. The Morgan fingerprint density at radius 3 is 2.25 bits per heavy atom. The van der Waals surface area contributed by atoms with E-state index in [1.807, 2.05) is 56.3 Å². The van der Waals surface area contributed by atoms with Crippen molar-refractivity contribution in [1.82, 2.24) is 9.21 Å². The van der Waals surface area contributed by atoms with E-state index in [4.69, 9.17) is 4.42 Å².